The number of aromatic nitrogens is 2. The molecule has 4 aromatic rings. The van der Waals surface area contributed by atoms with Gasteiger partial charge in [0.05, 0.1) is 31.8 Å². The maximum absolute atomic E-state index is 13.9. The monoisotopic (exact) mass is 625 g/mol. The summed E-state index contributed by atoms with van der Waals surface area (Å²) in [7, 11) is 3.29. The van der Waals surface area contributed by atoms with Crippen LogP contribution < -0.4 is 24.8 Å². The number of hydrogen-bond donors (Lipinski definition) is 2. The number of nitrogens with zero attached hydrogens (tertiary/aromatic N) is 3. The summed E-state index contributed by atoms with van der Waals surface area (Å²) in [5.74, 6) is 1.42. The third-order valence-corrected chi connectivity index (χ3v) is 8.35. The molecule has 1 saturated heterocycles. The Kier molecular flexibility index (Phi) is 9.80. The van der Waals surface area contributed by atoms with Gasteiger partial charge in [-0.15, -0.1) is 0 Å². The van der Waals surface area contributed by atoms with Crippen LogP contribution in [0.4, 0.5) is 0 Å². The molecule has 3 aliphatic rings. The zero-order valence-corrected chi connectivity index (χ0v) is 26.1. The van der Waals surface area contributed by atoms with Gasteiger partial charge in [0.1, 0.15) is 23.4 Å². The number of imidazole rings is 1. The molecule has 1 fully saturated rings. The van der Waals surface area contributed by atoms with E-state index < -0.39 is 0 Å². The van der Waals surface area contributed by atoms with Gasteiger partial charge in [0, 0.05) is 57.2 Å². The van der Waals surface area contributed by atoms with Crippen LogP contribution in [0.2, 0.25) is 0 Å². The fourth-order valence-corrected chi connectivity index (χ4v) is 5.86. The second kappa shape index (κ2) is 14.5. The largest absolute Gasteiger partial charge is 0.496 e. The van der Waals surface area contributed by atoms with Crippen LogP contribution in [0.15, 0.2) is 79.3 Å². The molecule has 1 aromatic heterocycles. The maximum Gasteiger partial charge on any atom is 0.258 e. The molecule has 3 aliphatic heterocycles. The smallest absolute Gasteiger partial charge is 0.258 e. The summed E-state index contributed by atoms with van der Waals surface area (Å²) >= 11 is 0. The average Bonchev–Trinajstić information content (AvgIpc) is 3.53. The molecular weight excluding hydrogens is 586 g/mol. The van der Waals surface area contributed by atoms with E-state index in [2.05, 4.69) is 25.1 Å². The Balaban J connectivity index is 1.30. The number of rotatable bonds is 6. The van der Waals surface area contributed by atoms with Crippen molar-refractivity contribution in [3.8, 4) is 28.4 Å². The summed E-state index contributed by atoms with van der Waals surface area (Å²) < 4.78 is 25.3. The number of likely N-dealkylation sites (tertiary alicyclic amines) is 1. The molecule has 2 amide bonds. The fourth-order valence-electron chi connectivity index (χ4n) is 5.86. The molecule has 2 atom stereocenters. The second-order valence-electron chi connectivity index (χ2n) is 11.5. The number of carbonyl (C=O) groups is 2. The molecule has 0 saturated carbocycles. The molecule has 240 valence electrons. The van der Waals surface area contributed by atoms with Crippen LogP contribution in [0, 0.1) is 0 Å². The Morgan fingerprint density at radius 3 is 2.70 bits per heavy atom. The molecule has 7 rings (SSSR count). The standard InChI is InChI=1S/C35H39N5O6/c1-43-15-14-40-23-36-19-27(40)20-39-13-12-33-31(21-39)38-35(42)26-8-11-32(44-2)30(17-26)25-4-3-5-29(16-25)45-22-34(41)37-18-24-6-9-28(46-33)10-7-24/h3-11,16-17,19,23,31,33H,12-15,18,20-22H2,1-2H3,(H,37,41)(H,38,42)/t31-,33-/m1/s1. The number of amides is 2. The highest BCUT2D eigenvalue weighted by Crippen LogP contribution is 2.33. The van der Waals surface area contributed by atoms with Gasteiger partial charge in [0.25, 0.3) is 11.8 Å². The molecule has 3 aromatic carbocycles. The van der Waals surface area contributed by atoms with Crippen molar-refractivity contribution in [3.63, 3.8) is 0 Å². The maximum atomic E-state index is 13.9. The zero-order valence-electron chi connectivity index (χ0n) is 26.1. The van der Waals surface area contributed by atoms with Crippen LogP contribution in [-0.2, 0) is 29.2 Å². The van der Waals surface area contributed by atoms with Gasteiger partial charge >= 0.3 is 0 Å². The van der Waals surface area contributed by atoms with Gasteiger partial charge in [-0.25, -0.2) is 4.98 Å². The van der Waals surface area contributed by atoms with Gasteiger partial charge in [-0.2, -0.15) is 0 Å². The minimum Gasteiger partial charge on any atom is -0.496 e. The summed E-state index contributed by atoms with van der Waals surface area (Å²) in [6.07, 6.45) is 4.18. The third-order valence-electron chi connectivity index (χ3n) is 8.35. The summed E-state index contributed by atoms with van der Waals surface area (Å²) in [5, 5.41) is 6.20. The number of ether oxygens (including phenoxy) is 4. The summed E-state index contributed by atoms with van der Waals surface area (Å²) in [6.45, 7) is 3.64. The molecule has 2 N–H and O–H groups in total. The quantitative estimate of drug-likeness (QED) is 0.334. The topological polar surface area (TPSA) is 116 Å². The highest BCUT2D eigenvalue weighted by molar-refractivity contribution is 5.96. The van der Waals surface area contributed by atoms with Crippen molar-refractivity contribution >= 4 is 11.8 Å². The predicted octanol–water partition coefficient (Wildman–Crippen LogP) is 3.67. The van der Waals surface area contributed by atoms with Crippen molar-refractivity contribution in [2.75, 3.05) is 40.5 Å². The number of nitrogens with one attached hydrogen (secondary N) is 2. The van der Waals surface area contributed by atoms with E-state index in [1.165, 1.54) is 0 Å². The van der Waals surface area contributed by atoms with E-state index in [1.807, 2.05) is 61.1 Å². The van der Waals surface area contributed by atoms with Gasteiger partial charge in [-0.3, -0.25) is 14.5 Å². The first-order valence-electron chi connectivity index (χ1n) is 15.4. The number of fused-ring (bicyclic) bond motifs is 7. The van der Waals surface area contributed by atoms with E-state index in [-0.39, 0.29) is 30.6 Å². The number of carbonyl (C=O) groups excluding carboxylic acids is 2. The molecule has 46 heavy (non-hydrogen) atoms. The fraction of sp³-hybridized carbons (Fsp3) is 0.343. The normalized spacial score (nSPS) is 18.8. The molecule has 0 aliphatic carbocycles. The Labute approximate surface area is 268 Å². The van der Waals surface area contributed by atoms with Crippen LogP contribution in [-0.4, -0.2) is 78.9 Å². The molecule has 11 heteroatoms. The van der Waals surface area contributed by atoms with E-state index in [1.54, 1.807) is 32.4 Å². The van der Waals surface area contributed by atoms with Crippen molar-refractivity contribution in [1.82, 2.24) is 25.1 Å². The Hall–Kier alpha value is -4.87. The molecule has 4 heterocycles. The van der Waals surface area contributed by atoms with Gasteiger partial charge in [0.2, 0.25) is 0 Å². The molecule has 0 unspecified atom stereocenters. The zero-order chi connectivity index (χ0) is 31.9. The third kappa shape index (κ3) is 7.49. The average molecular weight is 626 g/mol. The predicted molar refractivity (Wildman–Crippen MR) is 172 cm³/mol. The Morgan fingerprint density at radius 2 is 1.87 bits per heavy atom. The Bertz CT molecular complexity index is 1660. The van der Waals surface area contributed by atoms with Crippen LogP contribution in [0.5, 0.6) is 17.2 Å². The molecule has 0 spiro atoms. The minimum atomic E-state index is -0.288. The van der Waals surface area contributed by atoms with E-state index in [0.717, 1.165) is 41.9 Å². The van der Waals surface area contributed by atoms with Gasteiger partial charge < -0.3 is 34.1 Å². The van der Waals surface area contributed by atoms with Gasteiger partial charge in [0.15, 0.2) is 6.61 Å². The summed E-state index contributed by atoms with van der Waals surface area (Å²) in [5.41, 5.74) is 4.06. The lowest BCUT2D eigenvalue weighted by atomic mass is 9.99. The van der Waals surface area contributed by atoms with Crippen molar-refractivity contribution in [2.45, 2.75) is 38.2 Å². The van der Waals surface area contributed by atoms with Crippen molar-refractivity contribution < 1.29 is 28.5 Å². The first-order valence-corrected chi connectivity index (χ1v) is 15.4. The van der Waals surface area contributed by atoms with E-state index >= 15 is 0 Å². The summed E-state index contributed by atoms with van der Waals surface area (Å²) in [6, 6.07) is 20.2. The SMILES string of the molecule is COCCn1cncc1CN1CC[C@H]2Oc3ccc(cc3)CNC(=O)COc3cccc(c3)-c3cc(ccc3OC)C(=O)N[C@@H]2C1. The van der Waals surface area contributed by atoms with Gasteiger partial charge in [-0.05, 0) is 60.0 Å². The molecule has 6 bridgehead atoms. The van der Waals surface area contributed by atoms with E-state index in [0.29, 0.717) is 49.1 Å². The van der Waals surface area contributed by atoms with Crippen LogP contribution in [0.3, 0.4) is 0 Å². The molecule has 11 nitrogen and oxygen atoms in total. The summed E-state index contributed by atoms with van der Waals surface area (Å²) in [4.78, 5) is 33.1. The van der Waals surface area contributed by atoms with Crippen LogP contribution in [0.25, 0.3) is 11.1 Å². The van der Waals surface area contributed by atoms with E-state index in [4.69, 9.17) is 18.9 Å². The Morgan fingerprint density at radius 1 is 1.00 bits per heavy atom. The highest BCUT2D eigenvalue weighted by Gasteiger charge is 2.33. The molecule has 0 radical (unpaired) electrons. The van der Waals surface area contributed by atoms with Gasteiger partial charge in [-0.1, -0.05) is 24.3 Å². The first kappa shape index (κ1) is 31.1. The lowest BCUT2D eigenvalue weighted by Gasteiger charge is -2.39. The van der Waals surface area contributed by atoms with E-state index in [9.17, 15) is 9.59 Å². The lowest BCUT2D eigenvalue weighted by Crippen LogP contribution is -2.56. The molecular formula is C35H39N5O6. The highest BCUT2D eigenvalue weighted by atomic mass is 16.5. The number of benzene rings is 3. The van der Waals surface area contributed by atoms with Crippen LogP contribution >= 0.6 is 0 Å². The minimum absolute atomic E-state index is 0.125. The van der Waals surface area contributed by atoms with Crippen molar-refractivity contribution in [1.29, 1.82) is 0 Å². The first-order chi connectivity index (χ1) is 22.5. The number of piperidine rings is 1. The number of methoxy groups -OCH3 is 2. The van der Waals surface area contributed by atoms with Crippen molar-refractivity contribution in [3.05, 3.63) is 96.1 Å². The lowest BCUT2D eigenvalue weighted by molar-refractivity contribution is -0.123. The second-order valence-corrected chi connectivity index (χ2v) is 11.5. The number of hydrogen-bond acceptors (Lipinski definition) is 8. The van der Waals surface area contributed by atoms with Crippen molar-refractivity contribution in [2.24, 2.45) is 0 Å². The van der Waals surface area contributed by atoms with Crippen LogP contribution in [0.1, 0.15) is 28.0 Å².